The van der Waals surface area contributed by atoms with E-state index in [0.29, 0.717) is 5.69 Å². The van der Waals surface area contributed by atoms with Crippen LogP contribution < -0.4 is 10.6 Å². The van der Waals surface area contributed by atoms with Gasteiger partial charge >= 0.3 is 6.03 Å². The maximum absolute atomic E-state index is 12.1. The third kappa shape index (κ3) is 3.97. The molecule has 2 amide bonds. The van der Waals surface area contributed by atoms with Gasteiger partial charge in [0.05, 0.1) is 29.1 Å². The Morgan fingerprint density at radius 2 is 2.19 bits per heavy atom. The molecule has 6 heteroatoms. The van der Waals surface area contributed by atoms with Crippen LogP contribution in [0.4, 0.5) is 10.5 Å². The second-order valence-electron chi connectivity index (χ2n) is 6.81. The number of nitrogens with one attached hydrogen (secondary N) is 2. The Labute approximate surface area is 126 Å². The molecule has 1 saturated heterocycles. The molecule has 0 radical (unpaired) electrons. The molecule has 1 fully saturated rings. The van der Waals surface area contributed by atoms with Crippen LogP contribution in [0, 0.1) is 0 Å². The SMILES string of the molecule is CCCn1cc(NC(=O)NC2CC(C)(C)OC2(C)C)cn1. The van der Waals surface area contributed by atoms with E-state index in [0.717, 1.165) is 19.4 Å². The Hall–Kier alpha value is -1.56. The van der Waals surface area contributed by atoms with Crippen LogP contribution in [0.3, 0.4) is 0 Å². The third-order valence-corrected chi connectivity index (χ3v) is 3.72. The quantitative estimate of drug-likeness (QED) is 0.897. The van der Waals surface area contributed by atoms with Crippen molar-refractivity contribution in [2.75, 3.05) is 5.32 Å². The molecule has 2 rings (SSSR count). The summed E-state index contributed by atoms with van der Waals surface area (Å²) in [7, 11) is 0. The van der Waals surface area contributed by atoms with E-state index < -0.39 is 0 Å². The predicted octanol–water partition coefficient (Wildman–Crippen LogP) is 2.76. The van der Waals surface area contributed by atoms with E-state index in [-0.39, 0.29) is 23.3 Å². The van der Waals surface area contributed by atoms with Gasteiger partial charge in [0, 0.05) is 12.7 Å². The van der Waals surface area contributed by atoms with Crippen molar-refractivity contribution < 1.29 is 9.53 Å². The summed E-state index contributed by atoms with van der Waals surface area (Å²) in [4.78, 5) is 12.1. The van der Waals surface area contributed by atoms with Crippen LogP contribution in [0.25, 0.3) is 0 Å². The zero-order valence-electron chi connectivity index (χ0n) is 13.6. The summed E-state index contributed by atoms with van der Waals surface area (Å²) in [6, 6.07) is -0.233. The molecule has 21 heavy (non-hydrogen) atoms. The fourth-order valence-corrected chi connectivity index (χ4v) is 2.89. The normalized spacial score (nSPS) is 23.0. The maximum Gasteiger partial charge on any atom is 0.319 e. The Morgan fingerprint density at radius 1 is 1.48 bits per heavy atom. The Bertz CT molecular complexity index is 508. The molecule has 1 aromatic heterocycles. The number of hydrogen-bond donors (Lipinski definition) is 2. The standard InChI is InChI=1S/C15H26N4O2/c1-6-7-19-10-11(9-16-19)17-13(20)18-12-8-14(2,3)21-15(12,4)5/h9-10,12H,6-8H2,1-5H3,(H2,17,18,20). The first kappa shape index (κ1) is 15.8. The van der Waals surface area contributed by atoms with Gasteiger partial charge in [0.15, 0.2) is 0 Å². The molecule has 0 aliphatic carbocycles. The molecule has 1 aliphatic rings. The second-order valence-corrected chi connectivity index (χ2v) is 6.81. The average molecular weight is 294 g/mol. The van der Waals surface area contributed by atoms with E-state index in [4.69, 9.17) is 4.74 Å². The number of urea groups is 1. The number of aryl methyl sites for hydroxylation is 1. The van der Waals surface area contributed by atoms with Crippen LogP contribution >= 0.6 is 0 Å². The van der Waals surface area contributed by atoms with Crippen molar-refractivity contribution in [2.24, 2.45) is 0 Å². The minimum absolute atomic E-state index is 0.0156. The number of nitrogens with zero attached hydrogens (tertiary/aromatic N) is 2. The smallest absolute Gasteiger partial charge is 0.319 e. The van der Waals surface area contributed by atoms with Gasteiger partial charge in [-0.05, 0) is 40.5 Å². The molecule has 0 bridgehead atoms. The third-order valence-electron chi connectivity index (χ3n) is 3.72. The fourth-order valence-electron chi connectivity index (χ4n) is 2.89. The van der Waals surface area contributed by atoms with Crippen LogP contribution in [0.2, 0.25) is 0 Å². The summed E-state index contributed by atoms with van der Waals surface area (Å²) in [6.07, 6.45) is 5.30. The Morgan fingerprint density at radius 3 is 2.76 bits per heavy atom. The summed E-state index contributed by atoms with van der Waals surface area (Å²) in [5.41, 5.74) is 0.123. The highest BCUT2D eigenvalue weighted by molar-refractivity contribution is 5.89. The van der Waals surface area contributed by atoms with Gasteiger partial charge in [-0.25, -0.2) is 4.79 Å². The van der Waals surface area contributed by atoms with E-state index in [9.17, 15) is 4.79 Å². The molecule has 118 valence electrons. The van der Waals surface area contributed by atoms with Crippen molar-refractivity contribution in [3.8, 4) is 0 Å². The largest absolute Gasteiger partial charge is 0.367 e. The van der Waals surface area contributed by atoms with Gasteiger partial charge in [-0.3, -0.25) is 4.68 Å². The van der Waals surface area contributed by atoms with Gasteiger partial charge in [-0.1, -0.05) is 6.92 Å². The van der Waals surface area contributed by atoms with Crippen molar-refractivity contribution in [3.63, 3.8) is 0 Å². The molecule has 2 heterocycles. The molecule has 0 aromatic carbocycles. The van der Waals surface area contributed by atoms with Gasteiger partial charge in [0.25, 0.3) is 0 Å². The highest BCUT2D eigenvalue weighted by Gasteiger charge is 2.46. The lowest BCUT2D eigenvalue weighted by atomic mass is 9.95. The highest BCUT2D eigenvalue weighted by Crippen LogP contribution is 2.37. The van der Waals surface area contributed by atoms with E-state index in [1.54, 1.807) is 6.20 Å². The Balaban J connectivity index is 1.92. The highest BCUT2D eigenvalue weighted by atomic mass is 16.5. The molecule has 2 N–H and O–H groups in total. The number of carbonyl (C=O) groups is 1. The predicted molar refractivity (Wildman–Crippen MR) is 82.3 cm³/mol. The lowest BCUT2D eigenvalue weighted by Crippen LogP contribution is -2.47. The lowest BCUT2D eigenvalue weighted by molar-refractivity contribution is -0.0689. The lowest BCUT2D eigenvalue weighted by Gasteiger charge is -2.27. The van der Waals surface area contributed by atoms with E-state index in [1.807, 2.05) is 38.6 Å². The minimum Gasteiger partial charge on any atom is -0.367 e. The zero-order chi connectivity index (χ0) is 15.7. The molecule has 1 atom stereocenters. The molecule has 1 aromatic rings. The molecule has 0 saturated carbocycles. The molecular weight excluding hydrogens is 268 g/mol. The number of rotatable bonds is 4. The van der Waals surface area contributed by atoms with Crippen molar-refractivity contribution in [1.29, 1.82) is 0 Å². The summed E-state index contributed by atoms with van der Waals surface area (Å²) in [5, 5.41) is 10.0. The summed E-state index contributed by atoms with van der Waals surface area (Å²) in [6.45, 7) is 11.0. The summed E-state index contributed by atoms with van der Waals surface area (Å²) >= 11 is 0. The van der Waals surface area contributed by atoms with E-state index >= 15 is 0 Å². The van der Waals surface area contributed by atoms with Crippen molar-refractivity contribution >= 4 is 11.7 Å². The van der Waals surface area contributed by atoms with Crippen LogP contribution in [0.1, 0.15) is 47.5 Å². The Kier molecular flexibility index (Phi) is 4.27. The molecule has 1 unspecified atom stereocenters. The minimum atomic E-state index is -0.368. The molecular formula is C15H26N4O2. The van der Waals surface area contributed by atoms with Gasteiger partial charge in [0.2, 0.25) is 0 Å². The first-order chi connectivity index (χ1) is 9.72. The van der Waals surface area contributed by atoms with Crippen LogP contribution in [-0.2, 0) is 11.3 Å². The molecule has 0 spiro atoms. The number of amides is 2. The first-order valence-electron chi connectivity index (χ1n) is 7.52. The van der Waals surface area contributed by atoms with E-state index in [2.05, 4.69) is 22.7 Å². The number of carbonyl (C=O) groups excluding carboxylic acids is 1. The second kappa shape index (κ2) is 5.67. The molecule has 1 aliphatic heterocycles. The summed E-state index contributed by atoms with van der Waals surface area (Å²) in [5.74, 6) is 0. The number of aromatic nitrogens is 2. The van der Waals surface area contributed by atoms with Gasteiger partial charge in [0.1, 0.15) is 0 Å². The summed E-state index contributed by atoms with van der Waals surface area (Å²) < 4.78 is 7.80. The van der Waals surface area contributed by atoms with Crippen molar-refractivity contribution in [3.05, 3.63) is 12.4 Å². The van der Waals surface area contributed by atoms with Crippen LogP contribution in [-0.4, -0.2) is 33.1 Å². The molecule has 6 nitrogen and oxygen atoms in total. The number of ether oxygens (including phenoxy) is 1. The average Bonchev–Trinajstić information content (AvgIpc) is 2.81. The van der Waals surface area contributed by atoms with Crippen LogP contribution in [0.15, 0.2) is 12.4 Å². The van der Waals surface area contributed by atoms with Gasteiger partial charge in [-0.15, -0.1) is 0 Å². The van der Waals surface area contributed by atoms with Crippen molar-refractivity contribution in [1.82, 2.24) is 15.1 Å². The van der Waals surface area contributed by atoms with Gasteiger partial charge < -0.3 is 15.4 Å². The number of anilines is 1. The van der Waals surface area contributed by atoms with Crippen molar-refractivity contribution in [2.45, 2.75) is 71.2 Å². The monoisotopic (exact) mass is 294 g/mol. The fraction of sp³-hybridized carbons (Fsp3) is 0.733. The first-order valence-corrected chi connectivity index (χ1v) is 7.52. The zero-order valence-corrected chi connectivity index (χ0v) is 13.6. The van der Waals surface area contributed by atoms with E-state index in [1.165, 1.54) is 0 Å². The van der Waals surface area contributed by atoms with Crippen LogP contribution in [0.5, 0.6) is 0 Å². The number of hydrogen-bond acceptors (Lipinski definition) is 3. The topological polar surface area (TPSA) is 68.2 Å². The van der Waals surface area contributed by atoms with Gasteiger partial charge in [-0.2, -0.15) is 5.10 Å². The maximum atomic E-state index is 12.1.